The molecule has 0 bridgehead atoms. The van der Waals surface area contributed by atoms with E-state index < -0.39 is 113 Å². The van der Waals surface area contributed by atoms with Crippen LogP contribution in [0.5, 0.6) is 51.7 Å². The Morgan fingerprint density at radius 3 is 1.31 bits per heavy atom. The minimum atomic E-state index is -1.33. The molecule has 584 valence electrons. The van der Waals surface area contributed by atoms with E-state index in [1.165, 1.54) is 40.6 Å². The standard InChI is InChI=1S/C97H76FNO18/c1-109-73-29-16-14-27-67(73)82-87(93(102)103)84(69-38-33-60(50-77(69)112-4)70-48-63(53-19-8-5-9-20-53)51-78(72(70)52-99)117-97(108)89-80(55-21-10-6-11-22-55)86(92(100)101)81(89)56-23-12-7-13-24-56)90(82)96(107)116-66-45-61(43-62(46-66)59-35-40-76-79(49-59)114-42-41-113-76)58-34-39-75(111-3)71(47-58)85-88(94(104)105)83(68-28-15-17-30-74(68)110-2)91(85)95(106)115-65-26-18-25-57(44-65)54-31-36-64(98)37-32-54/h5-40,43-51,80-91H,41-42H2,1-4H3,(H,100,101)(H,102,103)(H,104,105)/t80-,81?,82?,83?,84-,85-,86+,87?,88?,89?,90?,91+/m0/s1. The first-order valence-corrected chi connectivity index (χ1v) is 38.1. The predicted molar refractivity (Wildman–Crippen MR) is 431 cm³/mol. The first kappa shape index (κ1) is 76.7. The van der Waals surface area contributed by atoms with Gasteiger partial charge in [-0.3, -0.25) is 28.8 Å². The van der Waals surface area contributed by atoms with Crippen molar-refractivity contribution < 1.29 is 91.1 Å². The number of nitrogens with zero attached hydrogens (tertiary/aromatic N) is 1. The zero-order valence-corrected chi connectivity index (χ0v) is 63.6. The van der Waals surface area contributed by atoms with Crippen LogP contribution in [0.1, 0.15) is 74.5 Å². The second-order valence-electron chi connectivity index (χ2n) is 29.3. The first-order valence-electron chi connectivity index (χ1n) is 38.1. The Labute approximate surface area is 672 Å². The van der Waals surface area contributed by atoms with Crippen LogP contribution in [0.15, 0.2) is 273 Å². The maximum Gasteiger partial charge on any atom is 0.315 e. The van der Waals surface area contributed by atoms with Gasteiger partial charge in [0.2, 0.25) is 0 Å². The third-order valence-electron chi connectivity index (χ3n) is 23.3. The number of hydrogen-bond acceptors (Lipinski definition) is 16. The smallest absolute Gasteiger partial charge is 0.315 e. The van der Waals surface area contributed by atoms with Crippen molar-refractivity contribution in [2.75, 3.05) is 41.7 Å². The number of para-hydroxylation sites is 2. The molecule has 1 heterocycles. The summed E-state index contributed by atoms with van der Waals surface area (Å²) in [6, 6.07) is 79.8. The normalized spacial score (nSPS) is 20.7. The van der Waals surface area contributed by atoms with Crippen LogP contribution in [0.3, 0.4) is 0 Å². The van der Waals surface area contributed by atoms with Gasteiger partial charge in [0.05, 0.1) is 63.9 Å². The number of benzene rings is 12. The third kappa shape index (κ3) is 14.5. The van der Waals surface area contributed by atoms with E-state index in [-0.39, 0.29) is 40.9 Å². The van der Waals surface area contributed by atoms with Crippen molar-refractivity contribution in [1.82, 2.24) is 0 Å². The van der Waals surface area contributed by atoms with Gasteiger partial charge in [-0.15, -0.1) is 0 Å². The van der Waals surface area contributed by atoms with E-state index in [1.54, 1.807) is 218 Å². The average Bonchev–Trinajstić information content (AvgIpc) is 0.702. The molecule has 0 spiro atoms. The zero-order chi connectivity index (χ0) is 81.3. The summed E-state index contributed by atoms with van der Waals surface area (Å²) >= 11 is 0. The van der Waals surface area contributed by atoms with E-state index in [0.717, 1.165) is 0 Å². The summed E-state index contributed by atoms with van der Waals surface area (Å²) in [7, 11) is 5.75. The van der Waals surface area contributed by atoms with Gasteiger partial charge in [0.25, 0.3) is 0 Å². The van der Waals surface area contributed by atoms with Crippen LogP contribution in [0, 0.1) is 52.7 Å². The lowest BCUT2D eigenvalue weighted by molar-refractivity contribution is -0.160. The number of fused-ring (bicyclic) bond motifs is 1. The highest BCUT2D eigenvalue weighted by molar-refractivity contribution is 5.92. The topological polar surface area (TPSA) is 270 Å². The molecule has 19 nitrogen and oxygen atoms in total. The number of carbonyl (C=O) groups is 6. The highest BCUT2D eigenvalue weighted by Gasteiger charge is 2.63. The number of hydrogen-bond donors (Lipinski definition) is 3. The number of nitriles is 1. The molecule has 0 saturated heterocycles. The number of halogens is 1. The summed E-state index contributed by atoms with van der Waals surface area (Å²) in [6.45, 7) is 0.595. The third-order valence-corrected chi connectivity index (χ3v) is 23.3. The molecule has 0 aromatic heterocycles. The van der Waals surface area contributed by atoms with Crippen molar-refractivity contribution in [2.45, 2.75) is 35.5 Å². The highest BCUT2D eigenvalue weighted by Crippen LogP contribution is 2.64. The molecule has 3 fully saturated rings. The second-order valence-corrected chi connectivity index (χ2v) is 29.3. The van der Waals surface area contributed by atoms with Crippen LogP contribution in [-0.2, 0) is 28.8 Å². The zero-order valence-electron chi connectivity index (χ0n) is 63.6. The van der Waals surface area contributed by atoms with Gasteiger partial charge in [-0.25, -0.2) is 4.39 Å². The SMILES string of the molecule is COc1ccccc1C1C(C(=O)O)[C@H](c2ccc(-c3cc(-c4ccccc4)cc(OC(=O)C4C(c5ccccc5)[C@H](C(=O)O)[C@@H]4c4ccccc4)c3C#N)cc2OC)C1C(=O)Oc1cc(-c2ccc3c(c2)OCCO3)cc(-c2ccc(OC)c([C@H]3C(C(=O)O)C(c4ccccc4OC)[C@H]3C(=O)Oc3cccc(-c4ccc(F)cc4)c3)c2)c1. The number of aliphatic carboxylic acids is 3. The number of ether oxygens (including phenoxy) is 9. The minimum Gasteiger partial charge on any atom is -0.496 e. The molecule has 117 heavy (non-hydrogen) atoms. The molecule has 4 aliphatic rings. The van der Waals surface area contributed by atoms with Crippen LogP contribution >= 0.6 is 0 Å². The fourth-order valence-corrected chi connectivity index (χ4v) is 18.0. The van der Waals surface area contributed by atoms with Gasteiger partial charge in [-0.2, -0.15) is 5.26 Å². The molecule has 1 aliphatic heterocycles. The molecule has 20 heteroatoms. The number of carbonyl (C=O) groups excluding carboxylic acids is 3. The Bertz CT molecular complexity index is 5840. The molecule has 3 N–H and O–H groups in total. The summed E-state index contributed by atoms with van der Waals surface area (Å²) in [5.74, 6) is -17.3. The number of carboxylic acids is 3. The largest absolute Gasteiger partial charge is 0.496 e. The summed E-state index contributed by atoms with van der Waals surface area (Å²) in [5, 5.41) is 45.3. The minimum absolute atomic E-state index is 0.00927. The maximum atomic E-state index is 16.1. The number of methoxy groups -OCH3 is 4. The summed E-state index contributed by atoms with van der Waals surface area (Å²) < 4.78 is 69.7. The molecule has 12 aromatic carbocycles. The van der Waals surface area contributed by atoms with E-state index in [0.29, 0.717) is 119 Å². The van der Waals surface area contributed by atoms with Crippen molar-refractivity contribution in [2.24, 2.45) is 35.5 Å². The average molecular weight is 1560 g/mol. The van der Waals surface area contributed by atoms with Gasteiger partial charge in [-0.05, 0) is 181 Å². The molecule has 12 atom stereocenters. The van der Waals surface area contributed by atoms with Crippen LogP contribution in [0.2, 0.25) is 0 Å². The van der Waals surface area contributed by atoms with Crippen molar-refractivity contribution >= 4 is 35.8 Å². The number of carboxylic acid groups (broad SMARTS) is 3. The Kier molecular flexibility index (Phi) is 21.4. The highest BCUT2D eigenvalue weighted by atomic mass is 19.1. The monoisotopic (exact) mass is 1560 g/mol. The van der Waals surface area contributed by atoms with Gasteiger partial charge in [-0.1, -0.05) is 176 Å². The summed E-state index contributed by atoms with van der Waals surface area (Å²) in [6.07, 6.45) is 0. The van der Waals surface area contributed by atoms with Crippen LogP contribution in [-0.4, -0.2) is 92.8 Å². The molecular weight excluding hydrogens is 1490 g/mol. The Morgan fingerprint density at radius 2 is 0.744 bits per heavy atom. The van der Waals surface area contributed by atoms with E-state index in [4.69, 9.17) is 42.6 Å². The van der Waals surface area contributed by atoms with E-state index in [1.807, 2.05) is 42.5 Å². The first-order chi connectivity index (χ1) is 56.9. The van der Waals surface area contributed by atoms with Crippen LogP contribution in [0.4, 0.5) is 4.39 Å². The lowest BCUT2D eigenvalue weighted by atomic mass is 9.52. The van der Waals surface area contributed by atoms with E-state index in [2.05, 4.69) is 6.07 Å². The number of esters is 3. The maximum absolute atomic E-state index is 16.1. The van der Waals surface area contributed by atoms with Crippen molar-refractivity contribution in [3.63, 3.8) is 0 Å². The van der Waals surface area contributed by atoms with E-state index in [9.17, 15) is 39.4 Å². The number of rotatable bonds is 24. The molecule has 0 amide bonds. The van der Waals surface area contributed by atoms with Gasteiger partial charge in [0, 0.05) is 41.1 Å². The van der Waals surface area contributed by atoms with Crippen molar-refractivity contribution in [3.05, 3.63) is 318 Å². The fraction of sp³-hybridized carbons (Fsp3) is 0.186. The van der Waals surface area contributed by atoms with Crippen molar-refractivity contribution in [1.29, 1.82) is 5.26 Å². The molecule has 16 rings (SSSR count). The summed E-state index contributed by atoms with van der Waals surface area (Å²) in [5.41, 5.74) is 7.95. The lowest BCUT2D eigenvalue weighted by Crippen LogP contribution is -2.52. The fourth-order valence-electron chi connectivity index (χ4n) is 18.0. The van der Waals surface area contributed by atoms with Gasteiger partial charge >= 0.3 is 35.8 Å². The van der Waals surface area contributed by atoms with Gasteiger partial charge in [0.1, 0.15) is 70.9 Å². The van der Waals surface area contributed by atoms with Crippen LogP contribution < -0.4 is 42.6 Å². The Morgan fingerprint density at radius 1 is 0.333 bits per heavy atom. The Balaban J connectivity index is 0.788. The molecule has 0 radical (unpaired) electrons. The molecule has 3 saturated carbocycles. The van der Waals surface area contributed by atoms with Gasteiger partial charge in [0.15, 0.2) is 11.5 Å². The predicted octanol–water partition coefficient (Wildman–Crippen LogP) is 18.2. The second kappa shape index (κ2) is 32.6. The van der Waals surface area contributed by atoms with Crippen LogP contribution in [0.25, 0.3) is 55.6 Å². The quantitative estimate of drug-likeness (QED) is 0.0375. The Hall–Kier alpha value is -14.3. The summed E-state index contributed by atoms with van der Waals surface area (Å²) in [4.78, 5) is 88.2. The van der Waals surface area contributed by atoms with Gasteiger partial charge < -0.3 is 58.0 Å². The molecular formula is C97H76FNO18. The molecule has 3 aliphatic carbocycles. The molecule has 12 aromatic rings. The van der Waals surface area contributed by atoms with Crippen molar-refractivity contribution in [3.8, 4) is 113 Å². The molecule has 7 unspecified atom stereocenters. The van der Waals surface area contributed by atoms with E-state index >= 15 is 14.4 Å². The lowest BCUT2D eigenvalue weighted by Gasteiger charge is -2.49.